The number of rotatable bonds is 3. The number of hydrogen-bond donors (Lipinski definition) is 0. The predicted molar refractivity (Wildman–Crippen MR) is 46.9 cm³/mol. The van der Waals surface area contributed by atoms with Gasteiger partial charge in [0.2, 0.25) is 0 Å². The summed E-state index contributed by atoms with van der Waals surface area (Å²) in [5, 5.41) is 0. The highest BCUT2D eigenvalue weighted by molar-refractivity contribution is 5.88. The Kier molecular flexibility index (Phi) is 3.96. The van der Waals surface area contributed by atoms with E-state index in [-0.39, 0.29) is 6.61 Å². The van der Waals surface area contributed by atoms with Crippen LogP contribution in [0.1, 0.15) is 20.8 Å². The fourth-order valence-electron chi connectivity index (χ4n) is 0.583. The minimum atomic E-state index is -0.465. The highest BCUT2D eigenvalue weighted by Crippen LogP contribution is 2.09. The van der Waals surface area contributed by atoms with Crippen molar-refractivity contribution in [3.05, 3.63) is 12.2 Å². The molecule has 0 aromatic heterocycles. The second-order valence-electron chi connectivity index (χ2n) is 3.54. The van der Waals surface area contributed by atoms with Crippen molar-refractivity contribution in [3.8, 4) is 0 Å². The van der Waals surface area contributed by atoms with Crippen molar-refractivity contribution in [2.24, 2.45) is 0 Å². The first-order valence-corrected chi connectivity index (χ1v) is 3.77. The summed E-state index contributed by atoms with van der Waals surface area (Å²) in [6, 6.07) is 0. The molecule has 0 radical (unpaired) electrons. The molecular weight excluding hydrogens is 156 g/mol. The molecule has 0 N–H and O–H groups in total. The smallest absolute Gasteiger partial charge is 0.336 e. The van der Waals surface area contributed by atoms with Gasteiger partial charge >= 0.3 is 5.97 Å². The Morgan fingerprint density at radius 2 is 1.92 bits per heavy atom. The Morgan fingerprint density at radius 3 is 2.25 bits per heavy atom. The van der Waals surface area contributed by atoms with Gasteiger partial charge in [0.05, 0.1) is 12.2 Å². The molecule has 0 bridgehead atoms. The molecule has 0 saturated carbocycles. The van der Waals surface area contributed by atoms with Gasteiger partial charge in [0.1, 0.15) is 5.60 Å². The van der Waals surface area contributed by atoms with Crippen molar-refractivity contribution in [2.75, 3.05) is 13.7 Å². The Bertz CT molecular complexity index is 177. The molecular formula is C9H16O3. The highest BCUT2D eigenvalue weighted by Gasteiger charge is 2.17. The molecule has 0 atom stereocenters. The zero-order valence-corrected chi connectivity index (χ0v) is 8.14. The van der Waals surface area contributed by atoms with Crippen LogP contribution in [0.15, 0.2) is 12.2 Å². The molecule has 0 spiro atoms. The fourth-order valence-corrected chi connectivity index (χ4v) is 0.583. The molecule has 0 aliphatic rings. The first kappa shape index (κ1) is 11.2. The van der Waals surface area contributed by atoms with Crippen LogP contribution in [-0.4, -0.2) is 25.3 Å². The van der Waals surface area contributed by atoms with E-state index in [9.17, 15) is 4.79 Å². The van der Waals surface area contributed by atoms with Crippen LogP contribution in [0.5, 0.6) is 0 Å². The summed E-state index contributed by atoms with van der Waals surface area (Å²) in [7, 11) is 1.51. The first-order valence-electron chi connectivity index (χ1n) is 3.77. The summed E-state index contributed by atoms with van der Waals surface area (Å²) in [6.45, 7) is 9.18. The second kappa shape index (κ2) is 4.26. The molecule has 3 nitrogen and oxygen atoms in total. The number of carbonyl (C=O) groups excluding carboxylic acids is 1. The molecule has 0 rings (SSSR count). The minimum absolute atomic E-state index is 0.217. The van der Waals surface area contributed by atoms with E-state index in [4.69, 9.17) is 9.47 Å². The van der Waals surface area contributed by atoms with Crippen LogP contribution < -0.4 is 0 Å². The summed E-state index contributed by atoms with van der Waals surface area (Å²) >= 11 is 0. The van der Waals surface area contributed by atoms with Crippen molar-refractivity contribution in [1.29, 1.82) is 0 Å². The van der Waals surface area contributed by atoms with Gasteiger partial charge in [-0.3, -0.25) is 0 Å². The van der Waals surface area contributed by atoms with Crippen molar-refractivity contribution < 1.29 is 14.3 Å². The second-order valence-corrected chi connectivity index (χ2v) is 3.54. The largest absolute Gasteiger partial charge is 0.457 e. The van der Waals surface area contributed by atoms with E-state index in [1.165, 1.54) is 7.11 Å². The molecule has 0 fully saturated rings. The Morgan fingerprint density at radius 1 is 1.42 bits per heavy atom. The monoisotopic (exact) mass is 172 g/mol. The van der Waals surface area contributed by atoms with Gasteiger partial charge < -0.3 is 9.47 Å². The van der Waals surface area contributed by atoms with Crippen LogP contribution in [0.3, 0.4) is 0 Å². The zero-order valence-electron chi connectivity index (χ0n) is 8.14. The van der Waals surface area contributed by atoms with E-state index in [2.05, 4.69) is 6.58 Å². The lowest BCUT2D eigenvalue weighted by Gasteiger charge is -2.19. The van der Waals surface area contributed by atoms with Gasteiger partial charge in [0.25, 0.3) is 0 Å². The first-order chi connectivity index (χ1) is 5.37. The SMILES string of the molecule is C=C(COC)C(=O)OC(C)(C)C. The summed E-state index contributed by atoms with van der Waals surface area (Å²) in [6.07, 6.45) is 0. The zero-order chi connectivity index (χ0) is 9.78. The Balaban J connectivity index is 3.97. The van der Waals surface area contributed by atoms with Gasteiger partial charge in [0, 0.05) is 7.11 Å². The van der Waals surface area contributed by atoms with Crippen LogP contribution in [0.2, 0.25) is 0 Å². The molecule has 0 aromatic rings. The average molecular weight is 172 g/mol. The van der Waals surface area contributed by atoms with Crippen LogP contribution in [0.4, 0.5) is 0 Å². The van der Waals surface area contributed by atoms with Gasteiger partial charge in [-0.1, -0.05) is 6.58 Å². The highest BCUT2D eigenvalue weighted by atomic mass is 16.6. The number of ether oxygens (including phenoxy) is 2. The summed E-state index contributed by atoms with van der Waals surface area (Å²) < 4.78 is 9.77. The summed E-state index contributed by atoms with van der Waals surface area (Å²) in [5.41, 5.74) is -0.124. The molecule has 0 amide bonds. The van der Waals surface area contributed by atoms with E-state index >= 15 is 0 Å². The topological polar surface area (TPSA) is 35.5 Å². The van der Waals surface area contributed by atoms with E-state index in [1.807, 2.05) is 20.8 Å². The van der Waals surface area contributed by atoms with Crippen molar-refractivity contribution in [1.82, 2.24) is 0 Å². The molecule has 12 heavy (non-hydrogen) atoms. The van der Waals surface area contributed by atoms with Gasteiger partial charge in [-0.25, -0.2) is 4.79 Å². The lowest BCUT2D eigenvalue weighted by Crippen LogP contribution is -2.25. The Hall–Kier alpha value is -0.830. The lowest BCUT2D eigenvalue weighted by atomic mass is 10.2. The molecule has 0 aliphatic carbocycles. The van der Waals surface area contributed by atoms with Crippen molar-refractivity contribution >= 4 is 5.97 Å². The molecule has 0 saturated heterocycles. The van der Waals surface area contributed by atoms with Gasteiger partial charge in [0.15, 0.2) is 0 Å². The average Bonchev–Trinajstić information content (AvgIpc) is 1.84. The standard InChI is InChI=1S/C9H16O3/c1-7(6-11-5)8(10)12-9(2,3)4/h1,6H2,2-5H3. The van der Waals surface area contributed by atoms with Gasteiger partial charge in [-0.15, -0.1) is 0 Å². The lowest BCUT2D eigenvalue weighted by molar-refractivity contribution is -0.150. The number of hydrogen-bond acceptors (Lipinski definition) is 3. The third-order valence-corrected chi connectivity index (χ3v) is 1.01. The normalized spacial score (nSPS) is 11.0. The minimum Gasteiger partial charge on any atom is -0.457 e. The Labute approximate surface area is 73.4 Å². The van der Waals surface area contributed by atoms with E-state index < -0.39 is 11.6 Å². The molecule has 3 heteroatoms. The van der Waals surface area contributed by atoms with Crippen LogP contribution in [0.25, 0.3) is 0 Å². The molecule has 0 unspecified atom stereocenters. The fraction of sp³-hybridized carbons (Fsp3) is 0.667. The van der Waals surface area contributed by atoms with E-state index in [0.717, 1.165) is 0 Å². The predicted octanol–water partition coefficient (Wildman–Crippen LogP) is 1.53. The maximum absolute atomic E-state index is 11.1. The van der Waals surface area contributed by atoms with E-state index in [1.54, 1.807) is 0 Å². The maximum Gasteiger partial charge on any atom is 0.336 e. The molecule has 70 valence electrons. The number of methoxy groups -OCH3 is 1. The van der Waals surface area contributed by atoms with Crippen LogP contribution in [0, 0.1) is 0 Å². The third kappa shape index (κ3) is 4.91. The molecule has 0 aromatic carbocycles. The number of carbonyl (C=O) groups is 1. The third-order valence-electron chi connectivity index (χ3n) is 1.01. The summed E-state index contributed by atoms with van der Waals surface area (Å²) in [4.78, 5) is 11.1. The van der Waals surface area contributed by atoms with Gasteiger partial charge in [-0.2, -0.15) is 0 Å². The summed E-state index contributed by atoms with van der Waals surface area (Å²) in [5.74, 6) is -0.399. The van der Waals surface area contributed by atoms with Crippen molar-refractivity contribution in [2.45, 2.75) is 26.4 Å². The van der Waals surface area contributed by atoms with Gasteiger partial charge in [-0.05, 0) is 20.8 Å². The van der Waals surface area contributed by atoms with Crippen molar-refractivity contribution in [3.63, 3.8) is 0 Å². The van der Waals surface area contributed by atoms with Crippen LogP contribution in [-0.2, 0) is 14.3 Å². The quantitative estimate of drug-likeness (QED) is 0.478. The molecule has 0 heterocycles. The van der Waals surface area contributed by atoms with Crippen LogP contribution >= 0.6 is 0 Å². The number of esters is 1. The maximum atomic E-state index is 11.1. The molecule has 0 aliphatic heterocycles. The van der Waals surface area contributed by atoms with E-state index in [0.29, 0.717) is 5.57 Å².